The van der Waals surface area contributed by atoms with Crippen molar-refractivity contribution in [3.05, 3.63) is 0 Å². The number of likely N-dealkylation sites (tertiary alicyclic amines) is 1. The number of hydrogen-bond donors (Lipinski definition) is 0. The van der Waals surface area contributed by atoms with Gasteiger partial charge in [-0.2, -0.15) is 0 Å². The molecule has 0 aromatic rings. The number of hydrogen-bond acceptors (Lipinski definition) is 1. The second-order valence-electron chi connectivity index (χ2n) is 6.38. The fourth-order valence-corrected chi connectivity index (χ4v) is 3.58. The van der Waals surface area contributed by atoms with Gasteiger partial charge in [0.1, 0.15) is 0 Å². The Labute approximate surface area is 118 Å². The molecule has 0 spiro atoms. The summed E-state index contributed by atoms with van der Waals surface area (Å²) in [4.78, 5) is 16.7. The molecule has 2 aliphatic rings. The van der Waals surface area contributed by atoms with E-state index >= 15 is 0 Å². The molecule has 0 atom stereocenters. The van der Waals surface area contributed by atoms with Gasteiger partial charge in [0.2, 0.25) is 0 Å². The van der Waals surface area contributed by atoms with Gasteiger partial charge in [0.05, 0.1) is 0 Å². The topological polar surface area (TPSA) is 23.6 Å². The molecule has 2 fully saturated rings. The SMILES string of the molecule is CCC1CCC(N(C)C(=O)N2CCCCCC2)CC1. The Bertz CT molecular complexity index is 276. The number of rotatable bonds is 2. The van der Waals surface area contributed by atoms with Gasteiger partial charge >= 0.3 is 6.03 Å². The molecule has 0 unspecified atom stereocenters. The third-order valence-electron chi connectivity index (χ3n) is 5.12. The van der Waals surface area contributed by atoms with Crippen LogP contribution in [-0.2, 0) is 0 Å². The number of nitrogens with zero attached hydrogens (tertiary/aromatic N) is 2. The molecule has 19 heavy (non-hydrogen) atoms. The highest BCUT2D eigenvalue weighted by atomic mass is 16.2. The molecule has 0 bridgehead atoms. The van der Waals surface area contributed by atoms with E-state index in [0.29, 0.717) is 6.04 Å². The van der Waals surface area contributed by atoms with Gasteiger partial charge in [-0.3, -0.25) is 0 Å². The average Bonchev–Trinajstić information content (AvgIpc) is 2.75. The van der Waals surface area contributed by atoms with Crippen molar-refractivity contribution < 1.29 is 4.79 Å². The fourth-order valence-electron chi connectivity index (χ4n) is 3.58. The van der Waals surface area contributed by atoms with Crippen molar-refractivity contribution in [3.8, 4) is 0 Å². The first-order valence-electron chi connectivity index (χ1n) is 8.24. The summed E-state index contributed by atoms with van der Waals surface area (Å²) >= 11 is 0. The fraction of sp³-hybridized carbons (Fsp3) is 0.938. The monoisotopic (exact) mass is 266 g/mol. The largest absolute Gasteiger partial charge is 0.325 e. The van der Waals surface area contributed by atoms with Crippen LogP contribution in [0, 0.1) is 5.92 Å². The summed E-state index contributed by atoms with van der Waals surface area (Å²) in [5, 5.41) is 0. The summed E-state index contributed by atoms with van der Waals surface area (Å²) in [6.45, 7) is 4.22. The predicted octanol–water partition coefficient (Wildman–Crippen LogP) is 3.88. The zero-order valence-corrected chi connectivity index (χ0v) is 12.7. The number of urea groups is 1. The molecule has 3 heteroatoms. The van der Waals surface area contributed by atoms with Crippen LogP contribution < -0.4 is 0 Å². The summed E-state index contributed by atoms with van der Waals surface area (Å²) in [5.74, 6) is 0.901. The van der Waals surface area contributed by atoms with E-state index in [-0.39, 0.29) is 6.03 Å². The van der Waals surface area contributed by atoms with E-state index in [1.165, 1.54) is 57.8 Å². The van der Waals surface area contributed by atoms with Crippen LogP contribution in [0.15, 0.2) is 0 Å². The standard InChI is InChI=1S/C16H30N2O/c1-3-14-8-10-15(11-9-14)17(2)16(19)18-12-6-4-5-7-13-18/h14-15H,3-13H2,1-2H3. The molecule has 3 nitrogen and oxygen atoms in total. The van der Waals surface area contributed by atoms with Crippen molar-refractivity contribution in [2.75, 3.05) is 20.1 Å². The lowest BCUT2D eigenvalue weighted by Gasteiger charge is -2.37. The molecular formula is C16H30N2O. The Kier molecular flexibility index (Phi) is 5.53. The molecule has 0 N–H and O–H groups in total. The second kappa shape index (κ2) is 7.16. The van der Waals surface area contributed by atoms with E-state index in [2.05, 4.69) is 11.8 Å². The summed E-state index contributed by atoms with van der Waals surface area (Å²) in [6, 6.07) is 0.764. The molecule has 1 aliphatic carbocycles. The Morgan fingerprint density at radius 3 is 2.16 bits per heavy atom. The van der Waals surface area contributed by atoms with Crippen LogP contribution in [0.2, 0.25) is 0 Å². The Hall–Kier alpha value is -0.730. The van der Waals surface area contributed by atoms with E-state index in [9.17, 15) is 4.79 Å². The van der Waals surface area contributed by atoms with Gasteiger partial charge in [0.15, 0.2) is 0 Å². The Morgan fingerprint density at radius 1 is 1.05 bits per heavy atom. The van der Waals surface area contributed by atoms with Gasteiger partial charge in [0.25, 0.3) is 0 Å². The van der Waals surface area contributed by atoms with Crippen molar-refractivity contribution in [3.63, 3.8) is 0 Å². The maximum atomic E-state index is 12.6. The summed E-state index contributed by atoms with van der Waals surface area (Å²) < 4.78 is 0. The lowest BCUT2D eigenvalue weighted by Crippen LogP contribution is -2.47. The first-order chi connectivity index (χ1) is 9.22. The molecule has 1 saturated heterocycles. The minimum atomic E-state index is 0.279. The van der Waals surface area contributed by atoms with E-state index < -0.39 is 0 Å². The van der Waals surface area contributed by atoms with E-state index in [1.54, 1.807) is 0 Å². The van der Waals surface area contributed by atoms with Crippen LogP contribution in [0.1, 0.15) is 64.7 Å². The lowest BCUT2D eigenvalue weighted by atomic mass is 9.84. The molecule has 1 aliphatic heterocycles. The first kappa shape index (κ1) is 14.7. The van der Waals surface area contributed by atoms with Crippen molar-refractivity contribution in [2.45, 2.75) is 70.8 Å². The number of carbonyl (C=O) groups is 1. The quantitative estimate of drug-likeness (QED) is 0.744. The average molecular weight is 266 g/mol. The maximum Gasteiger partial charge on any atom is 0.319 e. The van der Waals surface area contributed by atoms with Crippen LogP contribution >= 0.6 is 0 Å². The first-order valence-corrected chi connectivity index (χ1v) is 8.24. The highest BCUT2D eigenvalue weighted by Crippen LogP contribution is 2.29. The Morgan fingerprint density at radius 2 is 1.63 bits per heavy atom. The molecule has 1 saturated carbocycles. The molecule has 1 heterocycles. The molecule has 0 radical (unpaired) electrons. The smallest absolute Gasteiger partial charge is 0.319 e. The normalized spacial score (nSPS) is 28.8. The molecular weight excluding hydrogens is 236 g/mol. The van der Waals surface area contributed by atoms with Crippen molar-refractivity contribution >= 4 is 6.03 Å². The number of carbonyl (C=O) groups excluding carboxylic acids is 1. The predicted molar refractivity (Wildman–Crippen MR) is 79.2 cm³/mol. The number of amides is 2. The zero-order valence-electron chi connectivity index (χ0n) is 12.7. The molecule has 2 rings (SSSR count). The van der Waals surface area contributed by atoms with E-state index in [1.807, 2.05) is 11.9 Å². The van der Waals surface area contributed by atoms with Gasteiger partial charge in [-0.05, 0) is 44.4 Å². The molecule has 0 aromatic heterocycles. The van der Waals surface area contributed by atoms with Gasteiger partial charge in [-0.25, -0.2) is 4.79 Å². The Balaban J connectivity index is 1.84. The third-order valence-corrected chi connectivity index (χ3v) is 5.12. The van der Waals surface area contributed by atoms with Crippen LogP contribution in [0.25, 0.3) is 0 Å². The van der Waals surface area contributed by atoms with Crippen LogP contribution in [0.4, 0.5) is 4.79 Å². The summed E-state index contributed by atoms with van der Waals surface area (Å²) in [6.07, 6.45) is 11.3. The van der Waals surface area contributed by atoms with Gasteiger partial charge in [-0.15, -0.1) is 0 Å². The van der Waals surface area contributed by atoms with Gasteiger partial charge in [0, 0.05) is 26.2 Å². The van der Waals surface area contributed by atoms with Crippen molar-refractivity contribution in [2.24, 2.45) is 5.92 Å². The zero-order chi connectivity index (χ0) is 13.7. The molecule has 0 aromatic carbocycles. The minimum absolute atomic E-state index is 0.279. The van der Waals surface area contributed by atoms with E-state index in [0.717, 1.165) is 19.0 Å². The highest BCUT2D eigenvalue weighted by Gasteiger charge is 2.28. The van der Waals surface area contributed by atoms with Crippen LogP contribution in [0.5, 0.6) is 0 Å². The maximum absolute atomic E-state index is 12.6. The van der Waals surface area contributed by atoms with Gasteiger partial charge < -0.3 is 9.80 Å². The molecule has 110 valence electrons. The highest BCUT2D eigenvalue weighted by molar-refractivity contribution is 5.74. The minimum Gasteiger partial charge on any atom is -0.325 e. The third kappa shape index (κ3) is 3.87. The summed E-state index contributed by atoms with van der Waals surface area (Å²) in [5.41, 5.74) is 0. The van der Waals surface area contributed by atoms with Crippen molar-refractivity contribution in [1.29, 1.82) is 0 Å². The van der Waals surface area contributed by atoms with E-state index in [4.69, 9.17) is 0 Å². The lowest BCUT2D eigenvalue weighted by molar-refractivity contribution is 0.127. The molecule has 2 amide bonds. The van der Waals surface area contributed by atoms with Crippen molar-refractivity contribution in [1.82, 2.24) is 9.80 Å². The second-order valence-corrected chi connectivity index (χ2v) is 6.38. The van der Waals surface area contributed by atoms with Crippen LogP contribution in [-0.4, -0.2) is 42.0 Å². The van der Waals surface area contributed by atoms with Gasteiger partial charge in [-0.1, -0.05) is 26.2 Å². The van der Waals surface area contributed by atoms with Crippen LogP contribution in [0.3, 0.4) is 0 Å². The summed E-state index contributed by atoms with van der Waals surface area (Å²) in [7, 11) is 2.02.